The molecule has 0 aliphatic heterocycles. The SMILES string of the molecule is CC(OCc1ccc(C(=O)NN)cc1)c1ccccc1. The standard InChI is InChI=1S/C16H18N2O2/c1-12(14-5-3-2-4-6-14)20-11-13-7-9-15(10-8-13)16(19)18-17/h2-10,12H,11,17H2,1H3,(H,18,19). The number of nitrogens with two attached hydrogens (primary N) is 1. The Hall–Kier alpha value is -2.17. The molecule has 2 aromatic carbocycles. The maximum absolute atomic E-state index is 11.3. The molecule has 0 spiro atoms. The molecule has 1 amide bonds. The molecule has 0 fully saturated rings. The molecule has 2 aromatic rings. The van der Waals surface area contributed by atoms with Crippen molar-refractivity contribution in [1.82, 2.24) is 5.43 Å². The van der Waals surface area contributed by atoms with Crippen molar-refractivity contribution in [3.8, 4) is 0 Å². The molecule has 104 valence electrons. The number of amides is 1. The van der Waals surface area contributed by atoms with Crippen molar-refractivity contribution in [2.45, 2.75) is 19.6 Å². The lowest BCUT2D eigenvalue weighted by atomic mass is 10.1. The van der Waals surface area contributed by atoms with Crippen molar-refractivity contribution >= 4 is 5.91 Å². The molecule has 0 bridgehead atoms. The average molecular weight is 270 g/mol. The molecular formula is C16H18N2O2. The molecule has 0 aromatic heterocycles. The van der Waals surface area contributed by atoms with Crippen LogP contribution < -0.4 is 11.3 Å². The number of hydrogen-bond acceptors (Lipinski definition) is 3. The average Bonchev–Trinajstić information content (AvgIpc) is 2.53. The fourth-order valence-corrected chi connectivity index (χ4v) is 1.88. The molecule has 0 saturated carbocycles. The number of carbonyl (C=O) groups excluding carboxylic acids is 1. The maximum atomic E-state index is 11.3. The van der Waals surface area contributed by atoms with Crippen molar-refractivity contribution < 1.29 is 9.53 Å². The van der Waals surface area contributed by atoms with Gasteiger partial charge in [0.05, 0.1) is 12.7 Å². The quantitative estimate of drug-likeness (QED) is 0.498. The van der Waals surface area contributed by atoms with Crippen LogP contribution in [0.15, 0.2) is 54.6 Å². The molecule has 0 saturated heterocycles. The van der Waals surface area contributed by atoms with Crippen LogP contribution in [0.5, 0.6) is 0 Å². The predicted octanol–water partition coefficient (Wildman–Crippen LogP) is 2.57. The van der Waals surface area contributed by atoms with Crippen LogP contribution in [0.2, 0.25) is 0 Å². The normalized spacial score (nSPS) is 11.9. The number of ether oxygens (including phenoxy) is 1. The highest BCUT2D eigenvalue weighted by Crippen LogP contribution is 2.18. The Morgan fingerprint density at radius 1 is 1.15 bits per heavy atom. The first kappa shape index (κ1) is 14.2. The van der Waals surface area contributed by atoms with Gasteiger partial charge < -0.3 is 4.74 Å². The number of rotatable bonds is 5. The Bertz CT molecular complexity index is 552. The van der Waals surface area contributed by atoms with E-state index in [1.165, 1.54) is 0 Å². The number of benzene rings is 2. The molecule has 0 heterocycles. The van der Waals surface area contributed by atoms with Gasteiger partial charge in [0, 0.05) is 5.56 Å². The van der Waals surface area contributed by atoms with Crippen molar-refractivity contribution in [1.29, 1.82) is 0 Å². The first-order chi connectivity index (χ1) is 9.70. The van der Waals surface area contributed by atoms with Crippen molar-refractivity contribution in [3.63, 3.8) is 0 Å². The van der Waals surface area contributed by atoms with Gasteiger partial charge in [0.2, 0.25) is 0 Å². The molecule has 0 aliphatic carbocycles. The molecule has 0 radical (unpaired) electrons. The Kier molecular flexibility index (Phi) is 4.87. The highest BCUT2D eigenvalue weighted by atomic mass is 16.5. The lowest BCUT2D eigenvalue weighted by Crippen LogP contribution is -2.29. The van der Waals surface area contributed by atoms with Crippen LogP contribution in [0.1, 0.15) is 34.5 Å². The van der Waals surface area contributed by atoms with E-state index in [9.17, 15) is 4.79 Å². The van der Waals surface area contributed by atoms with E-state index in [0.717, 1.165) is 11.1 Å². The second-order valence-corrected chi connectivity index (χ2v) is 4.53. The van der Waals surface area contributed by atoms with E-state index >= 15 is 0 Å². The van der Waals surface area contributed by atoms with E-state index in [2.05, 4.69) is 5.43 Å². The van der Waals surface area contributed by atoms with E-state index in [1.54, 1.807) is 12.1 Å². The van der Waals surface area contributed by atoms with Gasteiger partial charge in [-0.3, -0.25) is 10.2 Å². The Morgan fingerprint density at radius 2 is 1.80 bits per heavy atom. The van der Waals surface area contributed by atoms with Crippen LogP contribution in [-0.4, -0.2) is 5.91 Å². The molecule has 1 atom stereocenters. The van der Waals surface area contributed by atoms with E-state index in [1.807, 2.05) is 49.4 Å². The number of carbonyl (C=O) groups is 1. The van der Waals surface area contributed by atoms with Crippen LogP contribution in [0.3, 0.4) is 0 Å². The van der Waals surface area contributed by atoms with Gasteiger partial charge in [-0.2, -0.15) is 0 Å². The number of hydrogen-bond donors (Lipinski definition) is 2. The lowest BCUT2D eigenvalue weighted by Gasteiger charge is -2.13. The highest BCUT2D eigenvalue weighted by molar-refractivity contribution is 5.93. The van der Waals surface area contributed by atoms with Gasteiger partial charge in [-0.1, -0.05) is 42.5 Å². The van der Waals surface area contributed by atoms with Crippen LogP contribution in [0, 0.1) is 0 Å². The van der Waals surface area contributed by atoms with Gasteiger partial charge in [-0.15, -0.1) is 0 Å². The number of hydrazine groups is 1. The minimum absolute atomic E-state index is 0.0308. The van der Waals surface area contributed by atoms with Gasteiger partial charge in [0.1, 0.15) is 0 Å². The molecule has 3 N–H and O–H groups in total. The topological polar surface area (TPSA) is 64.3 Å². The van der Waals surface area contributed by atoms with E-state index in [0.29, 0.717) is 12.2 Å². The third kappa shape index (κ3) is 3.66. The molecule has 20 heavy (non-hydrogen) atoms. The third-order valence-corrected chi connectivity index (χ3v) is 3.12. The summed E-state index contributed by atoms with van der Waals surface area (Å²) in [4.78, 5) is 11.3. The summed E-state index contributed by atoms with van der Waals surface area (Å²) in [6, 6.07) is 17.2. The summed E-state index contributed by atoms with van der Waals surface area (Å²) in [5, 5.41) is 0. The smallest absolute Gasteiger partial charge is 0.265 e. The zero-order valence-electron chi connectivity index (χ0n) is 11.4. The monoisotopic (exact) mass is 270 g/mol. The van der Waals surface area contributed by atoms with Gasteiger partial charge in [-0.25, -0.2) is 5.84 Å². The van der Waals surface area contributed by atoms with E-state index in [-0.39, 0.29) is 12.0 Å². The van der Waals surface area contributed by atoms with Gasteiger partial charge in [-0.05, 0) is 30.2 Å². The number of nitrogens with one attached hydrogen (secondary N) is 1. The van der Waals surface area contributed by atoms with Gasteiger partial charge in [0.15, 0.2) is 0 Å². The summed E-state index contributed by atoms with van der Waals surface area (Å²) in [5.74, 6) is 4.78. The third-order valence-electron chi connectivity index (χ3n) is 3.12. The summed E-state index contributed by atoms with van der Waals surface area (Å²) in [7, 11) is 0. The van der Waals surface area contributed by atoms with Crippen molar-refractivity contribution in [2.75, 3.05) is 0 Å². The van der Waals surface area contributed by atoms with Crippen molar-refractivity contribution in [3.05, 3.63) is 71.3 Å². The van der Waals surface area contributed by atoms with E-state index < -0.39 is 0 Å². The molecule has 0 aliphatic rings. The summed E-state index contributed by atoms with van der Waals surface area (Å²) < 4.78 is 5.82. The second-order valence-electron chi connectivity index (χ2n) is 4.53. The van der Waals surface area contributed by atoms with Crippen LogP contribution >= 0.6 is 0 Å². The van der Waals surface area contributed by atoms with Gasteiger partial charge >= 0.3 is 0 Å². The molecule has 4 heteroatoms. The summed E-state index contributed by atoms with van der Waals surface area (Å²) in [6.07, 6.45) is 0.0308. The zero-order chi connectivity index (χ0) is 14.4. The fraction of sp³-hybridized carbons (Fsp3) is 0.188. The summed E-state index contributed by atoms with van der Waals surface area (Å²) >= 11 is 0. The second kappa shape index (κ2) is 6.84. The summed E-state index contributed by atoms with van der Waals surface area (Å²) in [6.45, 7) is 2.52. The minimum atomic E-state index is -0.296. The molecule has 4 nitrogen and oxygen atoms in total. The lowest BCUT2D eigenvalue weighted by molar-refractivity contribution is 0.0525. The highest BCUT2D eigenvalue weighted by Gasteiger charge is 2.06. The Balaban J connectivity index is 1.93. The molecular weight excluding hydrogens is 252 g/mol. The fourth-order valence-electron chi connectivity index (χ4n) is 1.88. The van der Waals surface area contributed by atoms with Crippen LogP contribution in [-0.2, 0) is 11.3 Å². The maximum Gasteiger partial charge on any atom is 0.265 e. The predicted molar refractivity (Wildman–Crippen MR) is 77.7 cm³/mol. The Labute approximate surface area is 118 Å². The first-order valence-corrected chi connectivity index (χ1v) is 6.47. The van der Waals surface area contributed by atoms with Crippen LogP contribution in [0.25, 0.3) is 0 Å². The molecule has 2 rings (SSSR count). The molecule has 1 unspecified atom stereocenters. The van der Waals surface area contributed by atoms with Crippen molar-refractivity contribution in [2.24, 2.45) is 5.84 Å². The van der Waals surface area contributed by atoms with Crippen LogP contribution in [0.4, 0.5) is 0 Å². The van der Waals surface area contributed by atoms with Gasteiger partial charge in [0.25, 0.3) is 5.91 Å². The number of nitrogen functional groups attached to an aromatic ring is 1. The zero-order valence-corrected chi connectivity index (χ0v) is 11.4. The largest absolute Gasteiger partial charge is 0.369 e. The minimum Gasteiger partial charge on any atom is -0.369 e. The summed E-state index contributed by atoms with van der Waals surface area (Å²) in [5.41, 5.74) is 4.80. The van der Waals surface area contributed by atoms with E-state index in [4.69, 9.17) is 10.6 Å². The Morgan fingerprint density at radius 3 is 2.40 bits per heavy atom. The first-order valence-electron chi connectivity index (χ1n) is 6.47.